The maximum absolute atomic E-state index is 13.4. The summed E-state index contributed by atoms with van der Waals surface area (Å²) in [6.45, 7) is 3.40. The van der Waals surface area contributed by atoms with Crippen molar-refractivity contribution in [2.24, 2.45) is 0 Å². The summed E-state index contributed by atoms with van der Waals surface area (Å²) in [5.74, 6) is -0.359. The highest BCUT2D eigenvalue weighted by Gasteiger charge is 2.28. The van der Waals surface area contributed by atoms with Gasteiger partial charge < -0.3 is 14.8 Å². The molecule has 1 N–H and O–H groups in total. The number of carbonyl (C=O) groups is 1. The fourth-order valence-corrected chi connectivity index (χ4v) is 4.42. The van der Waals surface area contributed by atoms with Gasteiger partial charge in [0, 0.05) is 12.1 Å². The number of amides is 1. The van der Waals surface area contributed by atoms with Crippen LogP contribution in [0.1, 0.15) is 26.7 Å². The lowest BCUT2D eigenvalue weighted by molar-refractivity contribution is -0.120. The van der Waals surface area contributed by atoms with E-state index in [1.807, 2.05) is 13.8 Å². The molecule has 9 heteroatoms. The first-order chi connectivity index (χ1) is 14.2. The minimum absolute atomic E-state index is 0.0844. The molecular weight excluding hydrogens is 411 g/mol. The molecule has 0 aliphatic heterocycles. The third kappa shape index (κ3) is 5.63. The molecular formula is C21H27FN2O5S. The van der Waals surface area contributed by atoms with Crippen molar-refractivity contribution in [3.63, 3.8) is 0 Å². The number of methoxy groups -OCH3 is 2. The zero-order chi connectivity index (χ0) is 22.3. The van der Waals surface area contributed by atoms with E-state index >= 15 is 0 Å². The van der Waals surface area contributed by atoms with Crippen LogP contribution < -0.4 is 19.1 Å². The number of carbonyl (C=O) groups excluding carboxylic acids is 1. The number of hydrogen-bond donors (Lipinski definition) is 1. The lowest BCUT2D eigenvalue weighted by atomic mass is 10.2. The van der Waals surface area contributed by atoms with Gasteiger partial charge in [0.05, 0.1) is 24.8 Å². The molecule has 1 atom stereocenters. The Bertz CT molecular complexity index is 964. The molecule has 2 aromatic rings. The van der Waals surface area contributed by atoms with Crippen molar-refractivity contribution in [2.75, 3.05) is 25.1 Å². The number of rotatable bonds is 10. The zero-order valence-electron chi connectivity index (χ0n) is 17.5. The van der Waals surface area contributed by atoms with Gasteiger partial charge in [-0.2, -0.15) is 0 Å². The molecule has 30 heavy (non-hydrogen) atoms. The highest BCUT2D eigenvalue weighted by Crippen LogP contribution is 2.32. The van der Waals surface area contributed by atoms with Gasteiger partial charge in [-0.15, -0.1) is 0 Å². The van der Waals surface area contributed by atoms with E-state index in [2.05, 4.69) is 5.32 Å². The normalized spacial score (nSPS) is 12.2. The average molecular weight is 439 g/mol. The molecule has 2 aromatic carbocycles. The third-order valence-electron chi connectivity index (χ3n) is 4.47. The molecule has 0 bridgehead atoms. The van der Waals surface area contributed by atoms with Crippen LogP contribution in [0.5, 0.6) is 11.5 Å². The van der Waals surface area contributed by atoms with Crippen LogP contribution in [0.25, 0.3) is 0 Å². The molecule has 0 radical (unpaired) electrons. The summed E-state index contributed by atoms with van der Waals surface area (Å²) >= 11 is 0. The minimum atomic E-state index is -4.15. The SMILES string of the molecule is CCC[C@@H](C)NC(=O)CN(c1ccc(F)cc1)S(=O)(=O)c1ccc(OC)c(OC)c1. The number of hydrogen-bond acceptors (Lipinski definition) is 5. The van der Waals surface area contributed by atoms with Gasteiger partial charge in [-0.25, -0.2) is 12.8 Å². The molecule has 7 nitrogen and oxygen atoms in total. The molecule has 0 fully saturated rings. The summed E-state index contributed by atoms with van der Waals surface area (Å²) < 4.78 is 51.5. The molecule has 0 unspecified atom stereocenters. The van der Waals surface area contributed by atoms with Crippen molar-refractivity contribution in [3.05, 3.63) is 48.3 Å². The van der Waals surface area contributed by atoms with Crippen molar-refractivity contribution in [3.8, 4) is 11.5 Å². The van der Waals surface area contributed by atoms with Gasteiger partial charge >= 0.3 is 0 Å². The Balaban J connectivity index is 2.44. The minimum Gasteiger partial charge on any atom is -0.493 e. The lowest BCUT2D eigenvalue weighted by Gasteiger charge is -2.25. The van der Waals surface area contributed by atoms with E-state index in [9.17, 15) is 17.6 Å². The zero-order valence-corrected chi connectivity index (χ0v) is 18.3. The molecule has 0 spiro atoms. The van der Waals surface area contributed by atoms with Crippen LogP contribution in [-0.2, 0) is 14.8 Å². The topological polar surface area (TPSA) is 84.9 Å². The van der Waals surface area contributed by atoms with E-state index in [-0.39, 0.29) is 22.4 Å². The molecule has 1 amide bonds. The smallest absolute Gasteiger partial charge is 0.264 e. The second-order valence-electron chi connectivity index (χ2n) is 6.76. The molecule has 0 heterocycles. The first-order valence-electron chi connectivity index (χ1n) is 9.52. The molecule has 0 aromatic heterocycles. The molecule has 0 saturated carbocycles. The number of nitrogens with one attached hydrogen (secondary N) is 1. The van der Waals surface area contributed by atoms with Gasteiger partial charge in [0.1, 0.15) is 12.4 Å². The Morgan fingerprint density at radius 2 is 1.73 bits per heavy atom. The van der Waals surface area contributed by atoms with Gasteiger partial charge in [-0.05, 0) is 49.7 Å². The van der Waals surface area contributed by atoms with Gasteiger partial charge in [0.2, 0.25) is 5.91 Å². The maximum Gasteiger partial charge on any atom is 0.264 e. The van der Waals surface area contributed by atoms with Crippen molar-refractivity contribution in [1.29, 1.82) is 0 Å². The van der Waals surface area contributed by atoms with Crippen LogP contribution in [0.3, 0.4) is 0 Å². The van der Waals surface area contributed by atoms with E-state index in [0.717, 1.165) is 29.3 Å². The van der Waals surface area contributed by atoms with E-state index < -0.39 is 28.3 Å². The van der Waals surface area contributed by atoms with Gasteiger partial charge in [0.25, 0.3) is 10.0 Å². The Labute approximate surface area is 176 Å². The molecule has 2 rings (SSSR count). The van der Waals surface area contributed by atoms with Crippen LogP contribution in [0.15, 0.2) is 47.4 Å². The van der Waals surface area contributed by atoms with Crippen LogP contribution in [-0.4, -0.2) is 41.1 Å². The fraction of sp³-hybridized carbons (Fsp3) is 0.381. The predicted molar refractivity (Wildman–Crippen MR) is 113 cm³/mol. The van der Waals surface area contributed by atoms with E-state index in [1.54, 1.807) is 0 Å². The van der Waals surface area contributed by atoms with E-state index in [1.165, 1.54) is 44.6 Å². The summed E-state index contributed by atoms with van der Waals surface area (Å²) in [6, 6.07) is 8.98. The maximum atomic E-state index is 13.4. The first-order valence-corrected chi connectivity index (χ1v) is 11.0. The Hall–Kier alpha value is -2.81. The van der Waals surface area contributed by atoms with Crippen LogP contribution in [0.2, 0.25) is 0 Å². The average Bonchev–Trinajstić information content (AvgIpc) is 2.72. The molecule has 0 aliphatic carbocycles. The highest BCUT2D eigenvalue weighted by atomic mass is 32.2. The van der Waals surface area contributed by atoms with Crippen LogP contribution in [0, 0.1) is 5.82 Å². The van der Waals surface area contributed by atoms with Gasteiger partial charge in [0.15, 0.2) is 11.5 Å². The van der Waals surface area contributed by atoms with Crippen LogP contribution >= 0.6 is 0 Å². The quantitative estimate of drug-likeness (QED) is 0.615. The number of nitrogens with zero attached hydrogens (tertiary/aromatic N) is 1. The van der Waals surface area contributed by atoms with Crippen LogP contribution in [0.4, 0.5) is 10.1 Å². The van der Waals surface area contributed by atoms with Crippen molar-refractivity contribution >= 4 is 21.6 Å². The number of benzene rings is 2. The summed E-state index contributed by atoms with van der Waals surface area (Å²) in [5, 5.41) is 2.79. The largest absolute Gasteiger partial charge is 0.493 e. The Morgan fingerprint density at radius 3 is 2.30 bits per heavy atom. The Kier molecular flexibility index (Phi) is 8.05. The van der Waals surface area contributed by atoms with Gasteiger partial charge in [-0.3, -0.25) is 9.10 Å². The standard InChI is InChI=1S/C21H27FN2O5S/c1-5-6-15(2)23-21(25)14-24(17-9-7-16(22)8-10-17)30(26,27)18-11-12-19(28-3)20(13-18)29-4/h7-13,15H,5-6,14H2,1-4H3,(H,23,25)/t15-/m1/s1. The fourth-order valence-electron chi connectivity index (χ4n) is 2.98. The van der Waals surface area contributed by atoms with Crippen molar-refractivity contribution < 1.29 is 27.1 Å². The van der Waals surface area contributed by atoms with Crippen molar-refractivity contribution in [1.82, 2.24) is 5.32 Å². The van der Waals surface area contributed by atoms with Crippen molar-refractivity contribution in [2.45, 2.75) is 37.6 Å². The van der Waals surface area contributed by atoms with E-state index in [0.29, 0.717) is 5.75 Å². The second-order valence-corrected chi connectivity index (χ2v) is 8.62. The molecule has 164 valence electrons. The monoisotopic (exact) mass is 438 g/mol. The third-order valence-corrected chi connectivity index (χ3v) is 6.24. The molecule has 0 aliphatic rings. The second kappa shape index (κ2) is 10.3. The summed E-state index contributed by atoms with van der Waals surface area (Å²) in [7, 11) is -1.31. The van der Waals surface area contributed by atoms with E-state index in [4.69, 9.17) is 9.47 Å². The first kappa shape index (κ1) is 23.5. The summed E-state index contributed by atoms with van der Waals surface area (Å²) in [4.78, 5) is 12.5. The molecule has 0 saturated heterocycles. The number of halogens is 1. The lowest BCUT2D eigenvalue weighted by Crippen LogP contribution is -2.43. The number of anilines is 1. The predicted octanol–water partition coefficient (Wildman–Crippen LogP) is 3.34. The Morgan fingerprint density at radius 1 is 1.10 bits per heavy atom. The van der Waals surface area contributed by atoms with Gasteiger partial charge in [-0.1, -0.05) is 13.3 Å². The summed E-state index contributed by atoms with van der Waals surface area (Å²) in [5.41, 5.74) is 0.171. The number of sulfonamides is 1. The summed E-state index contributed by atoms with van der Waals surface area (Å²) in [6.07, 6.45) is 1.65. The highest BCUT2D eigenvalue weighted by molar-refractivity contribution is 7.92. The number of ether oxygens (including phenoxy) is 2.